The van der Waals surface area contributed by atoms with E-state index in [4.69, 9.17) is 4.74 Å². The Balaban J connectivity index is 2.17. The van der Waals surface area contributed by atoms with E-state index in [0.717, 1.165) is 26.0 Å². The highest BCUT2D eigenvalue weighted by Crippen LogP contribution is 2.04. The standard InChI is InChI=1S/C14H23NO/c1-14(2,12-16-3)15-11-7-10-13-8-5-4-6-9-13/h4-6,8-9,15H,7,10-12H2,1-3H3. The third-order valence-corrected chi connectivity index (χ3v) is 2.59. The highest BCUT2D eigenvalue weighted by molar-refractivity contribution is 5.14. The van der Waals surface area contributed by atoms with Crippen molar-refractivity contribution in [3.63, 3.8) is 0 Å². The van der Waals surface area contributed by atoms with Crippen LogP contribution in [0.15, 0.2) is 30.3 Å². The Morgan fingerprint density at radius 3 is 2.50 bits per heavy atom. The lowest BCUT2D eigenvalue weighted by molar-refractivity contribution is 0.128. The SMILES string of the molecule is COCC(C)(C)NCCCc1ccccc1. The molecular formula is C14H23NO. The van der Waals surface area contributed by atoms with Crippen molar-refractivity contribution < 1.29 is 4.74 Å². The Bertz CT molecular complexity index is 282. The Hall–Kier alpha value is -0.860. The normalized spacial score (nSPS) is 11.7. The largest absolute Gasteiger partial charge is 0.383 e. The van der Waals surface area contributed by atoms with E-state index in [9.17, 15) is 0 Å². The highest BCUT2D eigenvalue weighted by atomic mass is 16.5. The van der Waals surface area contributed by atoms with Gasteiger partial charge in [0.1, 0.15) is 0 Å². The molecule has 0 amide bonds. The number of nitrogens with one attached hydrogen (secondary N) is 1. The average Bonchev–Trinajstić information content (AvgIpc) is 2.26. The van der Waals surface area contributed by atoms with E-state index in [-0.39, 0.29) is 5.54 Å². The minimum atomic E-state index is 0.0748. The molecule has 0 spiro atoms. The summed E-state index contributed by atoms with van der Waals surface area (Å²) in [6, 6.07) is 10.6. The van der Waals surface area contributed by atoms with Gasteiger partial charge in [0.05, 0.1) is 6.61 Å². The van der Waals surface area contributed by atoms with Crippen LogP contribution in [-0.2, 0) is 11.2 Å². The topological polar surface area (TPSA) is 21.3 Å². The molecule has 1 aromatic rings. The van der Waals surface area contributed by atoms with Gasteiger partial charge < -0.3 is 10.1 Å². The number of methoxy groups -OCH3 is 1. The fourth-order valence-electron chi connectivity index (χ4n) is 1.78. The molecule has 1 aromatic carbocycles. The van der Waals surface area contributed by atoms with Crippen LogP contribution in [0.25, 0.3) is 0 Å². The first-order valence-corrected chi connectivity index (χ1v) is 5.92. The quantitative estimate of drug-likeness (QED) is 0.715. The predicted octanol–water partition coefficient (Wildman–Crippen LogP) is 2.63. The molecule has 0 saturated heterocycles. The summed E-state index contributed by atoms with van der Waals surface area (Å²) in [5.74, 6) is 0. The summed E-state index contributed by atoms with van der Waals surface area (Å²) < 4.78 is 5.16. The molecule has 16 heavy (non-hydrogen) atoms. The van der Waals surface area contributed by atoms with Gasteiger partial charge in [-0.2, -0.15) is 0 Å². The van der Waals surface area contributed by atoms with Gasteiger partial charge >= 0.3 is 0 Å². The van der Waals surface area contributed by atoms with Crippen LogP contribution in [0.4, 0.5) is 0 Å². The molecule has 0 saturated carbocycles. The van der Waals surface area contributed by atoms with Crippen LogP contribution in [0.3, 0.4) is 0 Å². The van der Waals surface area contributed by atoms with E-state index in [1.807, 2.05) is 0 Å². The van der Waals surface area contributed by atoms with E-state index in [0.29, 0.717) is 0 Å². The second kappa shape index (κ2) is 6.66. The number of hydrogen-bond donors (Lipinski definition) is 1. The van der Waals surface area contributed by atoms with Crippen molar-refractivity contribution in [2.24, 2.45) is 0 Å². The number of hydrogen-bond acceptors (Lipinski definition) is 2. The van der Waals surface area contributed by atoms with Gasteiger partial charge in [0, 0.05) is 12.6 Å². The summed E-state index contributed by atoms with van der Waals surface area (Å²) in [4.78, 5) is 0. The lowest BCUT2D eigenvalue weighted by atomic mass is 10.1. The molecule has 2 nitrogen and oxygen atoms in total. The summed E-state index contributed by atoms with van der Waals surface area (Å²) in [6.45, 7) is 6.11. The summed E-state index contributed by atoms with van der Waals surface area (Å²) in [6.07, 6.45) is 2.30. The molecule has 0 unspecified atom stereocenters. The molecule has 1 N–H and O–H groups in total. The number of rotatable bonds is 7. The maximum absolute atomic E-state index is 5.16. The fourth-order valence-corrected chi connectivity index (χ4v) is 1.78. The fraction of sp³-hybridized carbons (Fsp3) is 0.571. The van der Waals surface area contributed by atoms with Gasteiger partial charge in [0.2, 0.25) is 0 Å². The summed E-state index contributed by atoms with van der Waals surface area (Å²) in [5, 5.41) is 3.51. The highest BCUT2D eigenvalue weighted by Gasteiger charge is 2.15. The lowest BCUT2D eigenvalue weighted by Crippen LogP contribution is -2.43. The minimum Gasteiger partial charge on any atom is -0.383 e. The molecule has 90 valence electrons. The molecule has 0 aliphatic heterocycles. The average molecular weight is 221 g/mol. The molecule has 0 heterocycles. The van der Waals surface area contributed by atoms with Crippen LogP contribution < -0.4 is 5.32 Å². The molecule has 0 radical (unpaired) electrons. The smallest absolute Gasteiger partial charge is 0.0639 e. The third kappa shape index (κ3) is 5.29. The molecule has 0 bridgehead atoms. The second-order valence-electron chi connectivity index (χ2n) is 4.83. The molecular weight excluding hydrogens is 198 g/mol. The number of benzene rings is 1. The van der Waals surface area contributed by atoms with Gasteiger partial charge in [-0.05, 0) is 38.8 Å². The van der Waals surface area contributed by atoms with Crippen molar-refractivity contribution in [3.8, 4) is 0 Å². The number of aryl methyl sites for hydroxylation is 1. The van der Waals surface area contributed by atoms with Crippen LogP contribution in [0.5, 0.6) is 0 Å². The zero-order valence-electron chi connectivity index (χ0n) is 10.6. The van der Waals surface area contributed by atoms with E-state index < -0.39 is 0 Å². The zero-order chi connectivity index (χ0) is 11.9. The Morgan fingerprint density at radius 2 is 1.88 bits per heavy atom. The van der Waals surface area contributed by atoms with Crippen LogP contribution in [0.2, 0.25) is 0 Å². The van der Waals surface area contributed by atoms with Gasteiger partial charge in [0.15, 0.2) is 0 Å². The first-order chi connectivity index (χ1) is 7.64. The monoisotopic (exact) mass is 221 g/mol. The van der Waals surface area contributed by atoms with Crippen LogP contribution >= 0.6 is 0 Å². The Labute approximate surface area is 99.0 Å². The maximum atomic E-state index is 5.16. The van der Waals surface area contributed by atoms with Crippen molar-refractivity contribution in [3.05, 3.63) is 35.9 Å². The van der Waals surface area contributed by atoms with E-state index in [1.165, 1.54) is 5.56 Å². The lowest BCUT2D eigenvalue weighted by Gasteiger charge is -2.25. The van der Waals surface area contributed by atoms with Gasteiger partial charge in [-0.25, -0.2) is 0 Å². The maximum Gasteiger partial charge on any atom is 0.0639 e. The van der Waals surface area contributed by atoms with E-state index in [2.05, 4.69) is 49.5 Å². The van der Waals surface area contributed by atoms with Gasteiger partial charge in [-0.3, -0.25) is 0 Å². The zero-order valence-corrected chi connectivity index (χ0v) is 10.6. The molecule has 2 heteroatoms. The van der Waals surface area contributed by atoms with Crippen molar-refractivity contribution in [1.82, 2.24) is 5.32 Å². The van der Waals surface area contributed by atoms with E-state index >= 15 is 0 Å². The predicted molar refractivity (Wildman–Crippen MR) is 68.7 cm³/mol. The van der Waals surface area contributed by atoms with Crippen LogP contribution in [-0.4, -0.2) is 25.8 Å². The Morgan fingerprint density at radius 1 is 1.19 bits per heavy atom. The van der Waals surface area contributed by atoms with Crippen molar-refractivity contribution in [2.75, 3.05) is 20.3 Å². The van der Waals surface area contributed by atoms with Crippen LogP contribution in [0.1, 0.15) is 25.8 Å². The molecule has 0 aliphatic carbocycles. The first kappa shape index (κ1) is 13.2. The second-order valence-corrected chi connectivity index (χ2v) is 4.83. The van der Waals surface area contributed by atoms with Crippen LogP contribution in [0, 0.1) is 0 Å². The van der Waals surface area contributed by atoms with Gasteiger partial charge in [-0.1, -0.05) is 30.3 Å². The molecule has 1 rings (SSSR count). The molecule has 0 atom stereocenters. The van der Waals surface area contributed by atoms with E-state index in [1.54, 1.807) is 7.11 Å². The van der Waals surface area contributed by atoms with Crippen molar-refractivity contribution in [1.29, 1.82) is 0 Å². The molecule has 0 fully saturated rings. The summed E-state index contributed by atoms with van der Waals surface area (Å²) >= 11 is 0. The number of ether oxygens (including phenoxy) is 1. The summed E-state index contributed by atoms with van der Waals surface area (Å²) in [5.41, 5.74) is 1.49. The molecule has 0 aliphatic rings. The minimum absolute atomic E-state index is 0.0748. The van der Waals surface area contributed by atoms with Crippen molar-refractivity contribution in [2.45, 2.75) is 32.2 Å². The van der Waals surface area contributed by atoms with Gasteiger partial charge in [0.25, 0.3) is 0 Å². The Kier molecular flexibility index (Phi) is 5.50. The molecule has 0 aromatic heterocycles. The van der Waals surface area contributed by atoms with Crippen molar-refractivity contribution >= 4 is 0 Å². The summed E-state index contributed by atoms with van der Waals surface area (Å²) in [7, 11) is 1.74. The first-order valence-electron chi connectivity index (χ1n) is 5.92. The van der Waals surface area contributed by atoms with Gasteiger partial charge in [-0.15, -0.1) is 0 Å². The third-order valence-electron chi connectivity index (χ3n) is 2.59.